The van der Waals surface area contributed by atoms with Crippen LogP contribution in [0.1, 0.15) is 35.7 Å². The van der Waals surface area contributed by atoms with Gasteiger partial charge in [-0.25, -0.2) is 4.98 Å². The number of rotatable bonds is 5. The highest BCUT2D eigenvalue weighted by Crippen LogP contribution is 2.27. The Morgan fingerprint density at radius 2 is 1.75 bits per heavy atom. The summed E-state index contributed by atoms with van der Waals surface area (Å²) in [6, 6.07) is 20.5. The standard InChI is InChI=1S/C25H23N3O3S/c1-15(2)16-4-6-17(7-5-16)23(29)28-25(32)26-19-10-13-22-21(14-19)27-24(31-22)18-8-11-20(30-3)12-9-18/h4-15H,1-3H3,(H2,26,28,29,32). The molecule has 32 heavy (non-hydrogen) atoms. The zero-order chi connectivity index (χ0) is 22.7. The molecule has 0 aliphatic rings. The molecule has 7 heteroatoms. The van der Waals surface area contributed by atoms with Crippen molar-refractivity contribution in [2.75, 3.05) is 12.4 Å². The molecule has 1 amide bonds. The molecule has 0 radical (unpaired) electrons. The van der Waals surface area contributed by atoms with Crippen molar-refractivity contribution in [1.82, 2.24) is 10.3 Å². The third-order valence-electron chi connectivity index (χ3n) is 5.05. The third kappa shape index (κ3) is 4.78. The molecule has 0 atom stereocenters. The summed E-state index contributed by atoms with van der Waals surface area (Å²) in [6.07, 6.45) is 0. The predicted octanol–water partition coefficient (Wildman–Crippen LogP) is 5.75. The fraction of sp³-hybridized carbons (Fsp3) is 0.160. The molecular weight excluding hydrogens is 422 g/mol. The number of aromatic nitrogens is 1. The second-order valence-electron chi connectivity index (χ2n) is 7.61. The second kappa shape index (κ2) is 9.20. The zero-order valence-electron chi connectivity index (χ0n) is 18.0. The zero-order valence-corrected chi connectivity index (χ0v) is 18.8. The van der Waals surface area contributed by atoms with Crippen molar-refractivity contribution in [2.24, 2.45) is 0 Å². The highest BCUT2D eigenvalue weighted by Gasteiger charge is 2.12. The molecule has 0 bridgehead atoms. The number of amides is 1. The summed E-state index contributed by atoms with van der Waals surface area (Å²) >= 11 is 5.31. The Kier molecular flexibility index (Phi) is 6.18. The first-order valence-electron chi connectivity index (χ1n) is 10.2. The Labute approximate surface area is 191 Å². The Morgan fingerprint density at radius 1 is 1.03 bits per heavy atom. The van der Waals surface area contributed by atoms with Crippen LogP contribution >= 0.6 is 12.2 Å². The van der Waals surface area contributed by atoms with Gasteiger partial charge < -0.3 is 14.5 Å². The summed E-state index contributed by atoms with van der Waals surface area (Å²) in [5.74, 6) is 1.43. The van der Waals surface area contributed by atoms with Crippen molar-refractivity contribution in [3.63, 3.8) is 0 Å². The number of anilines is 1. The van der Waals surface area contributed by atoms with Gasteiger partial charge in [0.1, 0.15) is 11.3 Å². The molecule has 2 N–H and O–H groups in total. The van der Waals surface area contributed by atoms with Gasteiger partial charge in [0.15, 0.2) is 10.7 Å². The molecule has 1 aromatic heterocycles. The topological polar surface area (TPSA) is 76.4 Å². The van der Waals surface area contributed by atoms with E-state index in [0.717, 1.165) is 11.3 Å². The molecule has 0 fully saturated rings. The lowest BCUT2D eigenvalue weighted by molar-refractivity contribution is 0.0977. The average molecular weight is 446 g/mol. The number of nitrogens with one attached hydrogen (secondary N) is 2. The summed E-state index contributed by atoms with van der Waals surface area (Å²) in [6.45, 7) is 4.22. The molecule has 3 aromatic carbocycles. The molecule has 4 rings (SSSR count). The van der Waals surface area contributed by atoms with Gasteiger partial charge in [-0.15, -0.1) is 0 Å². The maximum atomic E-state index is 12.5. The normalized spacial score (nSPS) is 10.9. The SMILES string of the molecule is COc1ccc(-c2nc3cc(NC(=S)NC(=O)c4ccc(C(C)C)cc4)ccc3o2)cc1. The smallest absolute Gasteiger partial charge is 0.257 e. The van der Waals surface area contributed by atoms with E-state index in [9.17, 15) is 4.79 Å². The fourth-order valence-electron chi connectivity index (χ4n) is 3.22. The molecule has 4 aromatic rings. The lowest BCUT2D eigenvalue weighted by Crippen LogP contribution is -2.34. The number of oxazole rings is 1. The number of benzene rings is 3. The molecule has 1 heterocycles. The lowest BCUT2D eigenvalue weighted by atomic mass is 10.0. The largest absolute Gasteiger partial charge is 0.497 e. The number of fused-ring (bicyclic) bond motifs is 1. The van der Waals surface area contributed by atoms with Crippen LogP contribution in [0, 0.1) is 0 Å². The van der Waals surface area contributed by atoms with Crippen molar-refractivity contribution in [3.05, 3.63) is 77.9 Å². The van der Waals surface area contributed by atoms with Gasteiger partial charge in [-0.2, -0.15) is 0 Å². The van der Waals surface area contributed by atoms with Gasteiger partial charge in [-0.3, -0.25) is 10.1 Å². The summed E-state index contributed by atoms with van der Waals surface area (Å²) in [4.78, 5) is 17.0. The van der Waals surface area contributed by atoms with Crippen molar-refractivity contribution < 1.29 is 13.9 Å². The van der Waals surface area contributed by atoms with Crippen LogP contribution in [0.15, 0.2) is 71.1 Å². The molecule has 0 aliphatic carbocycles. The van der Waals surface area contributed by atoms with E-state index < -0.39 is 0 Å². The van der Waals surface area contributed by atoms with E-state index in [2.05, 4.69) is 29.5 Å². The van der Waals surface area contributed by atoms with Crippen LogP contribution in [-0.4, -0.2) is 23.1 Å². The number of methoxy groups -OCH3 is 1. The van der Waals surface area contributed by atoms with Gasteiger partial charge in [0, 0.05) is 16.8 Å². The van der Waals surface area contributed by atoms with Gasteiger partial charge in [0.2, 0.25) is 5.89 Å². The van der Waals surface area contributed by atoms with Crippen LogP contribution in [0.3, 0.4) is 0 Å². The molecule has 162 valence electrons. The minimum absolute atomic E-state index is 0.209. The average Bonchev–Trinajstić information content (AvgIpc) is 3.22. The maximum absolute atomic E-state index is 12.5. The Balaban J connectivity index is 1.44. The molecule has 0 unspecified atom stereocenters. The fourth-order valence-corrected chi connectivity index (χ4v) is 3.43. The van der Waals surface area contributed by atoms with E-state index >= 15 is 0 Å². The number of carbonyl (C=O) groups is 1. The molecule has 6 nitrogen and oxygen atoms in total. The number of hydrogen-bond acceptors (Lipinski definition) is 5. The summed E-state index contributed by atoms with van der Waals surface area (Å²) in [7, 11) is 1.62. The van der Waals surface area contributed by atoms with Crippen LogP contribution in [0.2, 0.25) is 0 Å². The lowest BCUT2D eigenvalue weighted by Gasteiger charge is -2.10. The molecule has 0 spiro atoms. The second-order valence-corrected chi connectivity index (χ2v) is 8.02. The monoisotopic (exact) mass is 445 g/mol. The van der Waals surface area contributed by atoms with Crippen LogP contribution in [0.5, 0.6) is 5.75 Å². The van der Waals surface area contributed by atoms with Crippen molar-refractivity contribution in [2.45, 2.75) is 19.8 Å². The number of thiocarbonyl (C=S) groups is 1. The van der Waals surface area contributed by atoms with Crippen LogP contribution in [-0.2, 0) is 0 Å². The van der Waals surface area contributed by atoms with Gasteiger partial charge in [-0.1, -0.05) is 26.0 Å². The highest BCUT2D eigenvalue weighted by molar-refractivity contribution is 7.80. The van der Waals surface area contributed by atoms with Crippen LogP contribution < -0.4 is 15.4 Å². The first-order valence-corrected chi connectivity index (χ1v) is 10.6. The summed E-state index contributed by atoms with van der Waals surface area (Å²) in [5, 5.41) is 5.95. The van der Waals surface area contributed by atoms with Crippen LogP contribution in [0.4, 0.5) is 5.69 Å². The number of ether oxygens (including phenoxy) is 1. The van der Waals surface area contributed by atoms with Crippen molar-refractivity contribution >= 4 is 40.0 Å². The van der Waals surface area contributed by atoms with Crippen molar-refractivity contribution in [3.8, 4) is 17.2 Å². The predicted molar refractivity (Wildman–Crippen MR) is 130 cm³/mol. The quantitative estimate of drug-likeness (QED) is 0.381. The maximum Gasteiger partial charge on any atom is 0.257 e. The first-order chi connectivity index (χ1) is 15.4. The van der Waals surface area contributed by atoms with E-state index in [0.29, 0.717) is 34.2 Å². The van der Waals surface area contributed by atoms with E-state index in [4.69, 9.17) is 21.4 Å². The molecular formula is C25H23N3O3S. The molecule has 0 saturated carbocycles. The van der Waals surface area contributed by atoms with E-state index in [1.807, 2.05) is 54.6 Å². The van der Waals surface area contributed by atoms with E-state index in [1.165, 1.54) is 5.56 Å². The Bertz CT molecular complexity index is 1260. The molecule has 0 saturated heterocycles. The summed E-state index contributed by atoms with van der Waals surface area (Å²) in [5.41, 5.74) is 4.61. The van der Waals surface area contributed by atoms with Gasteiger partial charge in [0.25, 0.3) is 5.91 Å². The minimum Gasteiger partial charge on any atom is -0.497 e. The molecule has 0 aliphatic heterocycles. The highest BCUT2D eigenvalue weighted by atomic mass is 32.1. The third-order valence-corrected chi connectivity index (χ3v) is 5.25. The number of carbonyl (C=O) groups excluding carboxylic acids is 1. The van der Waals surface area contributed by atoms with Gasteiger partial charge >= 0.3 is 0 Å². The summed E-state index contributed by atoms with van der Waals surface area (Å²) < 4.78 is 11.0. The van der Waals surface area contributed by atoms with Gasteiger partial charge in [-0.05, 0) is 78.3 Å². The Hall–Kier alpha value is -3.71. The number of nitrogens with zero attached hydrogens (tertiary/aromatic N) is 1. The van der Waals surface area contributed by atoms with E-state index in [1.54, 1.807) is 19.2 Å². The minimum atomic E-state index is -0.262. The number of hydrogen-bond donors (Lipinski definition) is 2. The van der Waals surface area contributed by atoms with Gasteiger partial charge in [0.05, 0.1) is 7.11 Å². The van der Waals surface area contributed by atoms with Crippen LogP contribution in [0.25, 0.3) is 22.6 Å². The Morgan fingerprint density at radius 3 is 2.41 bits per heavy atom. The first kappa shape index (κ1) is 21.5. The van der Waals surface area contributed by atoms with Crippen molar-refractivity contribution in [1.29, 1.82) is 0 Å². The van der Waals surface area contributed by atoms with E-state index in [-0.39, 0.29) is 11.0 Å².